The molecule has 0 aromatic heterocycles. The first kappa shape index (κ1) is 14.1. The Morgan fingerprint density at radius 3 is 2.75 bits per heavy atom. The van der Waals surface area contributed by atoms with Crippen LogP contribution >= 0.6 is 31.9 Å². The van der Waals surface area contributed by atoms with Crippen molar-refractivity contribution < 1.29 is 9.84 Å². The molecule has 3 rings (SSSR count). The number of aryl methyl sites for hydroxylation is 1. The number of rotatable bonds is 2. The van der Waals surface area contributed by atoms with Gasteiger partial charge in [0.15, 0.2) is 0 Å². The quantitative estimate of drug-likeness (QED) is 0.806. The molecule has 2 aromatic carbocycles. The van der Waals surface area contributed by atoms with Gasteiger partial charge in [0.05, 0.1) is 6.61 Å². The third-order valence-electron chi connectivity index (χ3n) is 3.57. The number of benzene rings is 2. The second kappa shape index (κ2) is 5.51. The van der Waals surface area contributed by atoms with E-state index in [4.69, 9.17) is 4.74 Å². The Morgan fingerprint density at radius 1 is 1.20 bits per heavy atom. The van der Waals surface area contributed by atoms with Crippen LogP contribution in [0.3, 0.4) is 0 Å². The molecule has 0 radical (unpaired) electrons. The number of halogens is 2. The topological polar surface area (TPSA) is 29.5 Å². The van der Waals surface area contributed by atoms with E-state index >= 15 is 0 Å². The molecule has 1 atom stereocenters. The molecule has 0 fully saturated rings. The second-order valence-corrected chi connectivity index (χ2v) is 6.76. The van der Waals surface area contributed by atoms with E-state index in [1.54, 1.807) is 0 Å². The highest BCUT2D eigenvalue weighted by Crippen LogP contribution is 2.39. The lowest BCUT2D eigenvalue weighted by Crippen LogP contribution is -2.03. The van der Waals surface area contributed by atoms with Crippen molar-refractivity contribution in [2.45, 2.75) is 19.4 Å². The van der Waals surface area contributed by atoms with E-state index in [-0.39, 0.29) is 0 Å². The van der Waals surface area contributed by atoms with E-state index in [0.29, 0.717) is 6.61 Å². The van der Waals surface area contributed by atoms with E-state index in [1.165, 1.54) is 0 Å². The fourth-order valence-corrected chi connectivity index (χ4v) is 3.29. The van der Waals surface area contributed by atoms with Crippen LogP contribution in [-0.2, 0) is 6.42 Å². The molecule has 4 heteroatoms. The van der Waals surface area contributed by atoms with Gasteiger partial charge in [-0.15, -0.1) is 0 Å². The fourth-order valence-electron chi connectivity index (χ4n) is 2.52. The van der Waals surface area contributed by atoms with Gasteiger partial charge in [0, 0.05) is 20.9 Å². The normalized spacial score (nSPS) is 14.8. The van der Waals surface area contributed by atoms with Gasteiger partial charge in [-0.1, -0.05) is 44.0 Å². The molecule has 20 heavy (non-hydrogen) atoms. The molecule has 1 aliphatic heterocycles. The average molecular weight is 398 g/mol. The summed E-state index contributed by atoms with van der Waals surface area (Å²) < 4.78 is 7.71. The average Bonchev–Trinajstić information content (AvgIpc) is 2.88. The Labute approximate surface area is 135 Å². The van der Waals surface area contributed by atoms with Crippen molar-refractivity contribution in [2.24, 2.45) is 0 Å². The van der Waals surface area contributed by atoms with Gasteiger partial charge >= 0.3 is 0 Å². The van der Waals surface area contributed by atoms with Gasteiger partial charge in [-0.05, 0) is 41.8 Å². The molecule has 1 aliphatic rings. The Balaban J connectivity index is 2.06. The van der Waals surface area contributed by atoms with Crippen molar-refractivity contribution in [3.05, 3.63) is 61.5 Å². The summed E-state index contributed by atoms with van der Waals surface area (Å²) in [6.45, 7) is 2.70. The summed E-state index contributed by atoms with van der Waals surface area (Å²) in [6, 6.07) is 9.89. The van der Waals surface area contributed by atoms with Crippen molar-refractivity contribution in [2.75, 3.05) is 6.61 Å². The Bertz CT molecular complexity index is 668. The number of aliphatic hydroxyl groups excluding tert-OH is 1. The third-order valence-corrected chi connectivity index (χ3v) is 4.92. The highest BCUT2D eigenvalue weighted by atomic mass is 79.9. The van der Waals surface area contributed by atoms with Crippen LogP contribution < -0.4 is 4.74 Å². The van der Waals surface area contributed by atoms with Crippen LogP contribution in [0.15, 0.2) is 39.3 Å². The summed E-state index contributed by atoms with van der Waals surface area (Å²) in [5.41, 5.74) is 3.96. The van der Waals surface area contributed by atoms with E-state index < -0.39 is 6.10 Å². The van der Waals surface area contributed by atoms with Gasteiger partial charge in [-0.2, -0.15) is 0 Å². The Kier molecular flexibility index (Phi) is 3.89. The summed E-state index contributed by atoms with van der Waals surface area (Å²) >= 11 is 6.99. The van der Waals surface area contributed by atoms with Crippen LogP contribution in [0.1, 0.15) is 28.4 Å². The summed E-state index contributed by atoms with van der Waals surface area (Å²) in [4.78, 5) is 0. The molecular formula is C16H14Br2O2. The fraction of sp³-hybridized carbons (Fsp3) is 0.250. The minimum atomic E-state index is -0.675. The molecule has 2 nitrogen and oxygen atoms in total. The highest BCUT2D eigenvalue weighted by molar-refractivity contribution is 9.10. The molecule has 0 saturated carbocycles. The minimum absolute atomic E-state index is 0.675. The van der Waals surface area contributed by atoms with Gasteiger partial charge in [-0.25, -0.2) is 0 Å². The van der Waals surface area contributed by atoms with Crippen LogP contribution in [0, 0.1) is 6.92 Å². The molecule has 1 unspecified atom stereocenters. The van der Waals surface area contributed by atoms with Crippen LogP contribution in [0.25, 0.3) is 0 Å². The predicted octanol–water partition coefficient (Wildman–Crippen LogP) is 4.54. The maximum atomic E-state index is 10.7. The molecule has 1 heterocycles. The van der Waals surface area contributed by atoms with Gasteiger partial charge in [0.25, 0.3) is 0 Å². The summed E-state index contributed by atoms with van der Waals surface area (Å²) in [5, 5.41) is 10.7. The molecule has 2 aromatic rings. The SMILES string of the molecule is Cc1cc(C(O)c2cc(Br)cc3c2OCC3)ccc1Br. The van der Waals surface area contributed by atoms with Crippen LogP contribution in [0.5, 0.6) is 5.75 Å². The predicted molar refractivity (Wildman–Crippen MR) is 86.3 cm³/mol. The maximum absolute atomic E-state index is 10.7. The lowest BCUT2D eigenvalue weighted by molar-refractivity contribution is 0.213. The number of aliphatic hydroxyl groups is 1. The van der Waals surface area contributed by atoms with Gasteiger partial charge < -0.3 is 9.84 Å². The Morgan fingerprint density at radius 2 is 2.00 bits per heavy atom. The van der Waals surface area contributed by atoms with Crippen molar-refractivity contribution in [3.8, 4) is 5.75 Å². The van der Waals surface area contributed by atoms with Crippen molar-refractivity contribution >= 4 is 31.9 Å². The first-order valence-corrected chi connectivity index (χ1v) is 8.04. The summed E-state index contributed by atoms with van der Waals surface area (Å²) in [6.07, 6.45) is 0.222. The monoisotopic (exact) mass is 396 g/mol. The van der Waals surface area contributed by atoms with E-state index in [2.05, 4.69) is 37.9 Å². The van der Waals surface area contributed by atoms with Gasteiger partial charge in [0.1, 0.15) is 11.9 Å². The van der Waals surface area contributed by atoms with E-state index in [1.807, 2.05) is 31.2 Å². The first-order chi connectivity index (χ1) is 9.56. The first-order valence-electron chi connectivity index (χ1n) is 6.45. The van der Waals surface area contributed by atoms with Crippen molar-refractivity contribution in [1.82, 2.24) is 0 Å². The Hall–Kier alpha value is -0.840. The third kappa shape index (κ3) is 2.52. The van der Waals surface area contributed by atoms with Crippen molar-refractivity contribution in [3.63, 3.8) is 0 Å². The minimum Gasteiger partial charge on any atom is -0.493 e. The van der Waals surface area contributed by atoms with Gasteiger partial charge in [0.2, 0.25) is 0 Å². The van der Waals surface area contributed by atoms with Crippen molar-refractivity contribution in [1.29, 1.82) is 0 Å². The zero-order valence-corrected chi connectivity index (χ0v) is 14.2. The highest BCUT2D eigenvalue weighted by Gasteiger charge is 2.23. The number of fused-ring (bicyclic) bond motifs is 1. The maximum Gasteiger partial charge on any atom is 0.128 e. The molecule has 0 spiro atoms. The zero-order valence-electron chi connectivity index (χ0n) is 11.0. The molecule has 0 bridgehead atoms. The summed E-state index contributed by atoms with van der Waals surface area (Å²) in [5.74, 6) is 0.835. The number of hydrogen-bond acceptors (Lipinski definition) is 2. The smallest absolute Gasteiger partial charge is 0.128 e. The zero-order chi connectivity index (χ0) is 14.3. The van der Waals surface area contributed by atoms with Crippen LogP contribution in [0.2, 0.25) is 0 Å². The molecule has 104 valence electrons. The molecule has 0 saturated heterocycles. The van der Waals surface area contributed by atoms with Crippen LogP contribution in [0.4, 0.5) is 0 Å². The van der Waals surface area contributed by atoms with Gasteiger partial charge in [-0.3, -0.25) is 0 Å². The molecule has 0 amide bonds. The summed E-state index contributed by atoms with van der Waals surface area (Å²) in [7, 11) is 0. The lowest BCUT2D eigenvalue weighted by Gasteiger charge is -2.16. The van der Waals surface area contributed by atoms with Crippen LogP contribution in [-0.4, -0.2) is 11.7 Å². The lowest BCUT2D eigenvalue weighted by atomic mass is 9.97. The molecular weight excluding hydrogens is 384 g/mol. The number of hydrogen-bond donors (Lipinski definition) is 1. The second-order valence-electron chi connectivity index (χ2n) is 4.99. The van der Waals surface area contributed by atoms with E-state index in [0.717, 1.165) is 43.4 Å². The largest absolute Gasteiger partial charge is 0.493 e. The van der Waals surface area contributed by atoms with E-state index in [9.17, 15) is 5.11 Å². The molecule has 1 N–H and O–H groups in total. The standard InChI is InChI=1S/C16H14Br2O2/c1-9-6-10(2-3-14(9)18)15(19)13-8-12(17)7-11-4-5-20-16(11)13/h2-3,6-8,15,19H,4-5H2,1H3. The molecule has 0 aliphatic carbocycles. The number of ether oxygens (including phenoxy) is 1.